The van der Waals surface area contributed by atoms with Crippen molar-refractivity contribution < 1.29 is 22.9 Å². The van der Waals surface area contributed by atoms with Crippen LogP contribution in [0.3, 0.4) is 0 Å². The van der Waals surface area contributed by atoms with Gasteiger partial charge in [0.2, 0.25) is 0 Å². The zero-order chi connectivity index (χ0) is 14.6. The fourth-order valence-electron chi connectivity index (χ4n) is 1.42. The number of benzene rings is 1. The van der Waals surface area contributed by atoms with Crippen LogP contribution in [0.2, 0.25) is 0 Å². The van der Waals surface area contributed by atoms with E-state index in [2.05, 4.69) is 5.32 Å². The fourth-order valence-corrected chi connectivity index (χ4v) is 1.42. The van der Waals surface area contributed by atoms with E-state index in [0.717, 1.165) is 6.07 Å². The van der Waals surface area contributed by atoms with Gasteiger partial charge >= 0.3 is 6.18 Å². The van der Waals surface area contributed by atoms with Crippen molar-refractivity contribution in [3.05, 3.63) is 33.9 Å². The molecule has 0 aromatic heterocycles. The molecule has 19 heavy (non-hydrogen) atoms. The van der Waals surface area contributed by atoms with E-state index in [-0.39, 0.29) is 16.9 Å². The molecule has 0 atom stereocenters. The second kappa shape index (κ2) is 5.55. The highest BCUT2D eigenvalue weighted by Crippen LogP contribution is 2.27. The number of rotatable bonds is 4. The summed E-state index contributed by atoms with van der Waals surface area (Å²) in [6.45, 7) is -1.50. The molecule has 1 rings (SSSR count). The van der Waals surface area contributed by atoms with Crippen molar-refractivity contribution in [1.82, 2.24) is 5.32 Å². The zero-order valence-corrected chi connectivity index (χ0v) is 9.75. The van der Waals surface area contributed by atoms with Gasteiger partial charge in [-0.25, -0.2) is 0 Å². The van der Waals surface area contributed by atoms with E-state index < -0.39 is 23.6 Å². The first-order valence-electron chi connectivity index (χ1n) is 5.06. The van der Waals surface area contributed by atoms with Crippen molar-refractivity contribution in [2.45, 2.75) is 6.18 Å². The van der Waals surface area contributed by atoms with Gasteiger partial charge in [0.1, 0.15) is 12.2 Å². The van der Waals surface area contributed by atoms with Gasteiger partial charge in [-0.1, -0.05) is 6.07 Å². The molecule has 0 radical (unpaired) electrons. The molecule has 1 aromatic carbocycles. The van der Waals surface area contributed by atoms with Crippen molar-refractivity contribution in [2.75, 3.05) is 18.9 Å². The topological polar surface area (TPSA) is 84.3 Å². The minimum Gasteiger partial charge on any atom is -0.382 e. The maximum absolute atomic E-state index is 12.0. The summed E-state index contributed by atoms with van der Waals surface area (Å²) >= 11 is 0. The molecular formula is C10H10F3N3O3. The standard InChI is InChI=1S/C10H10F3N3O3/c1-14-8-6(3-2-4-7(8)16(18)19)9(17)15-5-10(11,12)13/h2-4,14H,5H2,1H3,(H,15,17). The number of carbonyl (C=O) groups excluding carboxylic acids is 1. The van der Waals surface area contributed by atoms with Crippen LogP contribution in [-0.4, -0.2) is 30.6 Å². The molecule has 6 nitrogen and oxygen atoms in total. The largest absolute Gasteiger partial charge is 0.405 e. The van der Waals surface area contributed by atoms with E-state index in [0.29, 0.717) is 0 Å². The van der Waals surface area contributed by atoms with E-state index in [4.69, 9.17) is 0 Å². The summed E-state index contributed by atoms with van der Waals surface area (Å²) in [6, 6.07) is 3.57. The molecule has 0 unspecified atom stereocenters. The Hall–Kier alpha value is -2.32. The zero-order valence-electron chi connectivity index (χ0n) is 9.75. The quantitative estimate of drug-likeness (QED) is 0.650. The summed E-state index contributed by atoms with van der Waals surface area (Å²) in [5.41, 5.74) is -0.740. The minimum absolute atomic E-state index is 0.132. The maximum atomic E-state index is 12.0. The van der Waals surface area contributed by atoms with Crippen molar-refractivity contribution >= 4 is 17.3 Å². The molecular weight excluding hydrogens is 267 g/mol. The van der Waals surface area contributed by atoms with Crippen molar-refractivity contribution in [1.29, 1.82) is 0 Å². The molecule has 1 amide bonds. The van der Waals surface area contributed by atoms with Gasteiger partial charge in [0.25, 0.3) is 11.6 Å². The Labute approximate surface area is 105 Å². The molecule has 104 valence electrons. The molecule has 0 saturated heterocycles. The lowest BCUT2D eigenvalue weighted by Crippen LogP contribution is -2.34. The predicted octanol–water partition coefficient (Wildman–Crippen LogP) is 1.93. The summed E-state index contributed by atoms with van der Waals surface area (Å²) < 4.78 is 35.9. The van der Waals surface area contributed by atoms with E-state index in [1.54, 1.807) is 5.32 Å². The van der Waals surface area contributed by atoms with Crippen LogP contribution in [0.25, 0.3) is 0 Å². The summed E-state index contributed by atoms with van der Waals surface area (Å²) in [4.78, 5) is 21.6. The van der Waals surface area contributed by atoms with Crippen LogP contribution in [0.1, 0.15) is 10.4 Å². The predicted molar refractivity (Wildman–Crippen MR) is 61.0 cm³/mol. The lowest BCUT2D eigenvalue weighted by molar-refractivity contribution is -0.384. The second-order valence-corrected chi connectivity index (χ2v) is 3.50. The summed E-state index contributed by atoms with van der Waals surface area (Å²) in [7, 11) is 1.34. The maximum Gasteiger partial charge on any atom is 0.405 e. The molecule has 9 heteroatoms. The third-order valence-electron chi connectivity index (χ3n) is 2.18. The van der Waals surface area contributed by atoms with Crippen LogP contribution in [0, 0.1) is 10.1 Å². The molecule has 0 heterocycles. The third kappa shape index (κ3) is 3.83. The lowest BCUT2D eigenvalue weighted by Gasteiger charge is -2.11. The van der Waals surface area contributed by atoms with Crippen LogP contribution in [0.5, 0.6) is 0 Å². The molecule has 0 bridgehead atoms. The van der Waals surface area contributed by atoms with Gasteiger partial charge in [-0.3, -0.25) is 14.9 Å². The number of nitro benzene ring substituents is 1. The highest BCUT2D eigenvalue weighted by atomic mass is 19.4. The van der Waals surface area contributed by atoms with E-state index in [1.165, 1.54) is 19.2 Å². The average molecular weight is 277 g/mol. The van der Waals surface area contributed by atoms with Gasteiger partial charge in [-0.15, -0.1) is 0 Å². The smallest absolute Gasteiger partial charge is 0.382 e. The minimum atomic E-state index is -4.55. The Bertz CT molecular complexity index is 503. The van der Waals surface area contributed by atoms with Gasteiger partial charge in [0, 0.05) is 13.1 Å². The highest BCUT2D eigenvalue weighted by molar-refractivity contribution is 6.01. The number of nitrogens with one attached hydrogen (secondary N) is 2. The Morgan fingerprint density at radius 1 is 1.42 bits per heavy atom. The molecule has 0 fully saturated rings. The van der Waals surface area contributed by atoms with Gasteiger partial charge in [0.15, 0.2) is 0 Å². The molecule has 1 aromatic rings. The highest BCUT2D eigenvalue weighted by Gasteiger charge is 2.29. The van der Waals surface area contributed by atoms with Crippen LogP contribution < -0.4 is 10.6 Å². The SMILES string of the molecule is CNc1c(C(=O)NCC(F)(F)F)cccc1[N+](=O)[O-]. The fraction of sp³-hybridized carbons (Fsp3) is 0.300. The average Bonchev–Trinajstić information content (AvgIpc) is 2.33. The van der Waals surface area contributed by atoms with E-state index >= 15 is 0 Å². The lowest BCUT2D eigenvalue weighted by atomic mass is 10.1. The number of anilines is 1. The molecule has 0 saturated carbocycles. The first kappa shape index (κ1) is 14.7. The van der Waals surface area contributed by atoms with Crippen LogP contribution in [0.4, 0.5) is 24.5 Å². The third-order valence-corrected chi connectivity index (χ3v) is 2.18. The molecule has 0 spiro atoms. The Balaban J connectivity index is 3.03. The van der Waals surface area contributed by atoms with Gasteiger partial charge in [0.05, 0.1) is 10.5 Å². The second-order valence-electron chi connectivity index (χ2n) is 3.50. The number of amides is 1. The number of para-hydroxylation sites is 1. The number of nitrogens with zero attached hydrogens (tertiary/aromatic N) is 1. The van der Waals surface area contributed by atoms with Gasteiger partial charge in [-0.05, 0) is 6.07 Å². The number of nitro groups is 1. The van der Waals surface area contributed by atoms with Crippen molar-refractivity contribution in [3.8, 4) is 0 Å². The Kier molecular flexibility index (Phi) is 4.30. The molecule has 0 aliphatic rings. The Morgan fingerprint density at radius 3 is 2.53 bits per heavy atom. The van der Waals surface area contributed by atoms with Gasteiger partial charge < -0.3 is 10.6 Å². The van der Waals surface area contributed by atoms with Crippen molar-refractivity contribution in [3.63, 3.8) is 0 Å². The van der Waals surface area contributed by atoms with Crippen LogP contribution >= 0.6 is 0 Å². The summed E-state index contributed by atoms with van der Waals surface area (Å²) in [5, 5.41) is 14.8. The van der Waals surface area contributed by atoms with Crippen LogP contribution in [0.15, 0.2) is 18.2 Å². The Morgan fingerprint density at radius 2 is 2.05 bits per heavy atom. The van der Waals surface area contributed by atoms with E-state index in [9.17, 15) is 28.1 Å². The van der Waals surface area contributed by atoms with Crippen LogP contribution in [-0.2, 0) is 0 Å². The van der Waals surface area contributed by atoms with Gasteiger partial charge in [-0.2, -0.15) is 13.2 Å². The molecule has 2 N–H and O–H groups in total. The number of halogens is 3. The van der Waals surface area contributed by atoms with E-state index in [1.807, 2.05) is 0 Å². The molecule has 0 aliphatic heterocycles. The van der Waals surface area contributed by atoms with Crippen molar-refractivity contribution in [2.24, 2.45) is 0 Å². The molecule has 0 aliphatic carbocycles. The first-order valence-corrected chi connectivity index (χ1v) is 5.06. The number of hydrogen-bond acceptors (Lipinski definition) is 4. The summed E-state index contributed by atoms with van der Waals surface area (Å²) in [5.74, 6) is -1.04. The summed E-state index contributed by atoms with van der Waals surface area (Å²) in [6.07, 6.45) is -4.55. The number of hydrogen-bond donors (Lipinski definition) is 2. The number of carbonyl (C=O) groups is 1. The normalized spacial score (nSPS) is 10.9. The first-order chi connectivity index (χ1) is 8.76. The number of alkyl halides is 3. The monoisotopic (exact) mass is 277 g/mol.